The molecule has 5 rings (SSSR count). The minimum Gasteiger partial charge on any atom is -0.460 e. The highest BCUT2D eigenvalue weighted by Crippen LogP contribution is 2.57. The first-order valence-electron chi connectivity index (χ1n) is 9.73. The van der Waals surface area contributed by atoms with Crippen LogP contribution in [0.3, 0.4) is 0 Å². The largest absolute Gasteiger partial charge is 0.460 e. The Morgan fingerprint density at radius 3 is 2.00 bits per heavy atom. The lowest BCUT2D eigenvalue weighted by atomic mass is 9.66. The van der Waals surface area contributed by atoms with Crippen LogP contribution in [0.1, 0.15) is 40.0 Å². The first-order valence-corrected chi connectivity index (χ1v) is 10.5. The molecule has 6 heteroatoms. The maximum atomic E-state index is 6.69. The number of anilines is 2. The van der Waals surface area contributed by atoms with Crippen molar-refractivity contribution in [3.8, 4) is 11.5 Å². The number of hydrogen-bond acceptors (Lipinski definition) is 4. The number of halogens is 2. The lowest BCUT2D eigenvalue weighted by Gasteiger charge is -2.60. The molecule has 0 unspecified atom stereocenters. The van der Waals surface area contributed by atoms with Gasteiger partial charge in [0.15, 0.2) is 0 Å². The van der Waals surface area contributed by atoms with Crippen LogP contribution >= 0.6 is 23.2 Å². The number of hydrogen-bond donors (Lipinski definition) is 2. The van der Waals surface area contributed by atoms with Crippen LogP contribution in [0.2, 0.25) is 10.0 Å². The predicted molar refractivity (Wildman–Crippen MR) is 114 cm³/mol. The van der Waals surface area contributed by atoms with E-state index in [0.29, 0.717) is 16.0 Å². The summed E-state index contributed by atoms with van der Waals surface area (Å²) < 4.78 is 13.3. The highest BCUT2D eigenvalue weighted by atomic mass is 35.5. The highest BCUT2D eigenvalue weighted by molar-refractivity contribution is 6.31. The van der Waals surface area contributed by atoms with Crippen molar-refractivity contribution in [2.75, 3.05) is 10.6 Å². The molecule has 1 fully saturated rings. The molecule has 4 nitrogen and oxygen atoms in total. The zero-order valence-corrected chi connectivity index (χ0v) is 17.7. The van der Waals surface area contributed by atoms with Gasteiger partial charge in [-0.25, -0.2) is 0 Å². The van der Waals surface area contributed by atoms with Crippen molar-refractivity contribution in [2.45, 2.75) is 51.5 Å². The second-order valence-corrected chi connectivity index (χ2v) is 10.1. The Hall–Kier alpha value is -1.78. The van der Waals surface area contributed by atoms with E-state index in [2.05, 4.69) is 31.4 Å². The van der Waals surface area contributed by atoms with Gasteiger partial charge in [-0.2, -0.15) is 0 Å². The van der Waals surface area contributed by atoms with Crippen molar-refractivity contribution in [3.63, 3.8) is 0 Å². The van der Waals surface area contributed by atoms with Crippen molar-refractivity contribution in [3.05, 3.63) is 46.4 Å². The molecule has 3 aliphatic rings. The Morgan fingerprint density at radius 2 is 1.43 bits per heavy atom. The van der Waals surface area contributed by atoms with Gasteiger partial charge in [-0.05, 0) is 54.2 Å². The molecular formula is C22H24Cl2N2O2. The van der Waals surface area contributed by atoms with E-state index in [1.54, 1.807) is 0 Å². The van der Waals surface area contributed by atoms with Crippen molar-refractivity contribution in [1.29, 1.82) is 0 Å². The third-order valence-corrected chi connectivity index (χ3v) is 6.85. The second-order valence-electron chi connectivity index (χ2n) is 9.19. The molecule has 0 saturated heterocycles. The van der Waals surface area contributed by atoms with Crippen molar-refractivity contribution in [1.82, 2.24) is 0 Å². The molecule has 2 aromatic carbocycles. The average molecular weight is 419 g/mol. The summed E-state index contributed by atoms with van der Waals surface area (Å²) in [5, 5.41) is 8.65. The molecule has 0 radical (unpaired) electrons. The maximum absolute atomic E-state index is 6.69. The molecule has 1 saturated carbocycles. The summed E-state index contributed by atoms with van der Waals surface area (Å²) in [6, 6.07) is 11.3. The first kappa shape index (κ1) is 18.3. The fourth-order valence-corrected chi connectivity index (χ4v) is 5.09. The zero-order valence-electron chi connectivity index (χ0n) is 16.2. The highest BCUT2D eigenvalue weighted by Gasteiger charge is 2.65. The van der Waals surface area contributed by atoms with Gasteiger partial charge in [0.2, 0.25) is 11.4 Å². The molecule has 2 aromatic rings. The van der Waals surface area contributed by atoms with Crippen LogP contribution in [0.4, 0.5) is 11.4 Å². The van der Waals surface area contributed by atoms with Gasteiger partial charge in [0.25, 0.3) is 0 Å². The number of ether oxygens (including phenoxy) is 2. The molecule has 2 N–H and O–H groups in total. The molecular weight excluding hydrogens is 395 g/mol. The van der Waals surface area contributed by atoms with Crippen LogP contribution in [0.5, 0.6) is 11.5 Å². The lowest BCUT2D eigenvalue weighted by Crippen LogP contribution is -2.75. The summed E-state index contributed by atoms with van der Waals surface area (Å²) in [6.07, 6.45) is 2.68. The molecule has 0 aromatic heterocycles. The topological polar surface area (TPSA) is 42.5 Å². The van der Waals surface area contributed by atoms with Crippen LogP contribution in [-0.2, 0) is 0 Å². The van der Waals surface area contributed by atoms with E-state index in [1.807, 2.05) is 36.4 Å². The molecule has 2 aliphatic heterocycles. The zero-order chi connectivity index (χ0) is 19.7. The standard InChI is InChI=1S/C22H24Cl2N2O2/c1-20(2,3)13-8-9-21-22(12-13,26-17-11-15(24)4-6-18(17)27-21)28-19-7-5-14(23)10-16(19)25-21/h4-7,10-11,13,25-26H,8-9,12H2,1-3H3/t13-,21-,22-/m1/s1. The minimum absolute atomic E-state index is 0.167. The summed E-state index contributed by atoms with van der Waals surface area (Å²) in [5.74, 6) is 2.03. The van der Waals surface area contributed by atoms with Gasteiger partial charge < -0.3 is 20.1 Å². The lowest BCUT2D eigenvalue weighted by molar-refractivity contribution is -0.147. The summed E-state index contributed by atoms with van der Waals surface area (Å²) >= 11 is 12.5. The Labute approximate surface area is 175 Å². The number of fused-ring (bicyclic) bond motifs is 2. The predicted octanol–water partition coefficient (Wildman–Crippen LogP) is 6.54. The number of nitrogens with one attached hydrogen (secondary N) is 2. The summed E-state index contributed by atoms with van der Waals surface area (Å²) in [5.41, 5.74) is 0.434. The van der Waals surface area contributed by atoms with E-state index in [9.17, 15) is 0 Å². The summed E-state index contributed by atoms with van der Waals surface area (Å²) in [4.78, 5) is 0. The second kappa shape index (κ2) is 5.87. The van der Waals surface area contributed by atoms with Crippen molar-refractivity contribution >= 4 is 34.6 Å². The quantitative estimate of drug-likeness (QED) is 0.509. The molecule has 3 atom stereocenters. The van der Waals surface area contributed by atoms with Gasteiger partial charge in [-0.15, -0.1) is 0 Å². The molecule has 28 heavy (non-hydrogen) atoms. The van der Waals surface area contributed by atoms with Crippen LogP contribution < -0.4 is 20.1 Å². The molecule has 148 valence electrons. The van der Waals surface area contributed by atoms with E-state index >= 15 is 0 Å². The minimum atomic E-state index is -0.734. The van der Waals surface area contributed by atoms with Gasteiger partial charge >= 0.3 is 0 Å². The third kappa shape index (κ3) is 2.65. The fraction of sp³-hybridized carbons (Fsp3) is 0.455. The Morgan fingerprint density at radius 1 is 0.893 bits per heavy atom. The van der Waals surface area contributed by atoms with Crippen LogP contribution in [0.15, 0.2) is 36.4 Å². The van der Waals surface area contributed by atoms with Crippen LogP contribution in [-0.4, -0.2) is 11.4 Å². The van der Waals surface area contributed by atoms with E-state index in [4.69, 9.17) is 32.7 Å². The molecule has 1 aliphatic carbocycles. The molecule has 2 heterocycles. The van der Waals surface area contributed by atoms with E-state index < -0.39 is 11.4 Å². The van der Waals surface area contributed by atoms with Crippen molar-refractivity contribution < 1.29 is 9.47 Å². The van der Waals surface area contributed by atoms with Crippen molar-refractivity contribution in [2.24, 2.45) is 11.3 Å². The Kier molecular flexibility index (Phi) is 3.83. The molecule has 0 bridgehead atoms. The summed E-state index contributed by atoms with van der Waals surface area (Å²) in [6.45, 7) is 6.87. The summed E-state index contributed by atoms with van der Waals surface area (Å²) in [7, 11) is 0. The van der Waals surface area contributed by atoms with Crippen LogP contribution in [0.25, 0.3) is 0 Å². The first-order chi connectivity index (χ1) is 13.2. The Balaban J connectivity index is 1.66. The molecule has 0 spiro atoms. The van der Waals surface area contributed by atoms with Gasteiger partial charge in [-0.1, -0.05) is 44.0 Å². The van der Waals surface area contributed by atoms with Gasteiger partial charge in [0.1, 0.15) is 11.5 Å². The maximum Gasteiger partial charge on any atom is 0.240 e. The van der Waals surface area contributed by atoms with Gasteiger partial charge in [0, 0.05) is 22.9 Å². The van der Waals surface area contributed by atoms with E-state index in [1.165, 1.54) is 0 Å². The van der Waals surface area contributed by atoms with Gasteiger partial charge in [-0.3, -0.25) is 0 Å². The number of benzene rings is 2. The SMILES string of the molecule is CC(C)(C)[C@@H]1CC[C@]23Nc4cc(Cl)ccc4O[C@@]2(C1)Nc1cc(Cl)ccc1O3. The smallest absolute Gasteiger partial charge is 0.240 e. The third-order valence-electron chi connectivity index (χ3n) is 6.38. The number of rotatable bonds is 0. The Bertz CT molecular complexity index is 958. The molecule has 0 amide bonds. The average Bonchev–Trinajstić information content (AvgIpc) is 2.61. The van der Waals surface area contributed by atoms with Crippen LogP contribution in [0, 0.1) is 11.3 Å². The fourth-order valence-electron chi connectivity index (χ4n) is 4.74. The van der Waals surface area contributed by atoms with E-state index in [0.717, 1.165) is 42.1 Å². The monoisotopic (exact) mass is 418 g/mol. The van der Waals surface area contributed by atoms with Gasteiger partial charge in [0.05, 0.1) is 11.4 Å². The normalized spacial score (nSPS) is 30.2. The van der Waals surface area contributed by atoms with E-state index in [-0.39, 0.29) is 5.41 Å².